The van der Waals surface area contributed by atoms with Crippen LogP contribution in [0.5, 0.6) is 0 Å². The molecular weight excluding hydrogens is 297 g/mol. The van der Waals surface area contributed by atoms with E-state index in [9.17, 15) is 4.39 Å². The van der Waals surface area contributed by atoms with E-state index in [1.165, 1.54) is 12.1 Å². The van der Waals surface area contributed by atoms with Crippen LogP contribution in [0.1, 0.15) is 22.5 Å². The normalized spacial score (nSPS) is 10.9. The van der Waals surface area contributed by atoms with Crippen LogP contribution < -0.4 is 5.73 Å². The van der Waals surface area contributed by atoms with Gasteiger partial charge in [-0.15, -0.1) is 0 Å². The fourth-order valence-electron chi connectivity index (χ4n) is 1.93. The predicted molar refractivity (Wildman–Crippen MR) is 72.8 cm³/mol. The molecule has 2 aromatic rings. The summed E-state index contributed by atoms with van der Waals surface area (Å²) in [6.07, 6.45) is 0. The van der Waals surface area contributed by atoms with Gasteiger partial charge in [-0.1, -0.05) is 6.07 Å². The molecule has 2 N–H and O–H groups in total. The summed E-state index contributed by atoms with van der Waals surface area (Å²) in [5.41, 5.74) is 9.18. The van der Waals surface area contributed by atoms with Crippen LogP contribution >= 0.6 is 15.9 Å². The summed E-state index contributed by atoms with van der Waals surface area (Å²) >= 11 is 3.48. The molecule has 0 aliphatic rings. The molecule has 2 rings (SSSR count). The molecule has 1 aromatic heterocycles. The molecule has 0 aliphatic heterocycles. The zero-order chi connectivity index (χ0) is 13.3. The monoisotopic (exact) mass is 311 g/mol. The lowest BCUT2D eigenvalue weighted by Crippen LogP contribution is -2.06. The zero-order valence-corrected chi connectivity index (χ0v) is 12.0. The highest BCUT2D eigenvalue weighted by Gasteiger charge is 2.09. The average molecular weight is 312 g/mol. The molecule has 0 aliphatic carbocycles. The minimum Gasteiger partial charge on any atom is -0.326 e. The van der Waals surface area contributed by atoms with Crippen LogP contribution in [0.25, 0.3) is 0 Å². The van der Waals surface area contributed by atoms with Gasteiger partial charge in [-0.05, 0) is 53.0 Å². The van der Waals surface area contributed by atoms with Crippen molar-refractivity contribution in [3.63, 3.8) is 0 Å². The van der Waals surface area contributed by atoms with Gasteiger partial charge in [0.1, 0.15) is 5.82 Å². The van der Waals surface area contributed by atoms with Crippen molar-refractivity contribution in [3.8, 4) is 0 Å². The molecule has 0 fully saturated rings. The highest BCUT2D eigenvalue weighted by Crippen LogP contribution is 2.21. The summed E-state index contributed by atoms with van der Waals surface area (Å²) < 4.78 is 16.3. The van der Waals surface area contributed by atoms with Crippen molar-refractivity contribution in [2.75, 3.05) is 0 Å². The topological polar surface area (TPSA) is 43.8 Å². The SMILES string of the molecule is Cc1nn(Cc2cc(F)cc(CN)c2)c(C)c1Br. The van der Waals surface area contributed by atoms with Gasteiger partial charge in [0, 0.05) is 6.54 Å². The maximum absolute atomic E-state index is 13.4. The molecule has 0 saturated heterocycles. The van der Waals surface area contributed by atoms with E-state index in [4.69, 9.17) is 5.73 Å². The number of hydrogen-bond acceptors (Lipinski definition) is 2. The minimum absolute atomic E-state index is 0.256. The number of halogens is 2. The molecule has 1 aromatic carbocycles. The van der Waals surface area contributed by atoms with Gasteiger partial charge in [0.2, 0.25) is 0 Å². The quantitative estimate of drug-likeness (QED) is 0.947. The van der Waals surface area contributed by atoms with Crippen molar-refractivity contribution in [1.29, 1.82) is 0 Å². The van der Waals surface area contributed by atoms with Crippen molar-refractivity contribution < 1.29 is 4.39 Å². The van der Waals surface area contributed by atoms with Crippen molar-refractivity contribution in [3.05, 3.63) is 51.0 Å². The first-order valence-corrected chi connectivity index (χ1v) is 6.48. The van der Waals surface area contributed by atoms with E-state index < -0.39 is 0 Å². The van der Waals surface area contributed by atoms with Gasteiger partial charge in [0.25, 0.3) is 0 Å². The van der Waals surface area contributed by atoms with E-state index in [0.717, 1.165) is 27.0 Å². The highest BCUT2D eigenvalue weighted by atomic mass is 79.9. The minimum atomic E-state index is -0.256. The lowest BCUT2D eigenvalue weighted by molar-refractivity contribution is 0.613. The maximum Gasteiger partial charge on any atom is 0.123 e. The molecular formula is C13H15BrFN3. The third kappa shape index (κ3) is 2.62. The molecule has 5 heteroatoms. The first-order valence-electron chi connectivity index (χ1n) is 5.69. The van der Waals surface area contributed by atoms with Crippen molar-refractivity contribution >= 4 is 15.9 Å². The second-order valence-electron chi connectivity index (χ2n) is 4.31. The Balaban J connectivity index is 2.33. The summed E-state index contributed by atoms with van der Waals surface area (Å²) in [7, 11) is 0. The Bertz CT molecular complexity index is 578. The van der Waals surface area contributed by atoms with Gasteiger partial charge >= 0.3 is 0 Å². The number of nitrogens with two attached hydrogens (primary N) is 1. The van der Waals surface area contributed by atoms with Crippen LogP contribution in [-0.2, 0) is 13.1 Å². The van der Waals surface area contributed by atoms with Crippen molar-refractivity contribution in [2.24, 2.45) is 5.73 Å². The van der Waals surface area contributed by atoms with Gasteiger partial charge in [0.15, 0.2) is 0 Å². The number of hydrogen-bond donors (Lipinski definition) is 1. The fourth-order valence-corrected chi connectivity index (χ4v) is 2.21. The zero-order valence-electron chi connectivity index (χ0n) is 10.4. The molecule has 18 heavy (non-hydrogen) atoms. The summed E-state index contributed by atoms with van der Waals surface area (Å²) in [5.74, 6) is -0.256. The number of rotatable bonds is 3. The first kappa shape index (κ1) is 13.2. The molecule has 1 heterocycles. The largest absolute Gasteiger partial charge is 0.326 e. The Kier molecular flexibility index (Phi) is 3.82. The molecule has 0 amide bonds. The van der Waals surface area contributed by atoms with E-state index in [1.807, 2.05) is 24.6 Å². The molecule has 0 bridgehead atoms. The van der Waals surface area contributed by atoms with Crippen LogP contribution in [0.2, 0.25) is 0 Å². The lowest BCUT2D eigenvalue weighted by atomic mass is 10.1. The van der Waals surface area contributed by atoms with Gasteiger partial charge in [-0.3, -0.25) is 4.68 Å². The Morgan fingerprint density at radius 3 is 2.50 bits per heavy atom. The highest BCUT2D eigenvalue weighted by molar-refractivity contribution is 9.10. The van der Waals surface area contributed by atoms with Crippen molar-refractivity contribution in [1.82, 2.24) is 9.78 Å². The van der Waals surface area contributed by atoms with Crippen LogP contribution in [0.4, 0.5) is 4.39 Å². The number of benzene rings is 1. The Hall–Kier alpha value is -1.20. The van der Waals surface area contributed by atoms with Gasteiger partial charge in [0.05, 0.1) is 22.4 Å². The number of nitrogens with zero attached hydrogens (tertiary/aromatic N) is 2. The molecule has 0 radical (unpaired) electrons. The maximum atomic E-state index is 13.4. The van der Waals surface area contributed by atoms with Crippen LogP contribution in [0, 0.1) is 19.7 Å². The summed E-state index contributed by atoms with van der Waals surface area (Å²) in [6.45, 7) is 4.80. The van der Waals surface area contributed by atoms with Gasteiger partial charge in [-0.2, -0.15) is 5.10 Å². The summed E-state index contributed by atoms with van der Waals surface area (Å²) in [4.78, 5) is 0. The fraction of sp³-hybridized carbons (Fsp3) is 0.308. The Labute approximate surface area is 114 Å². The lowest BCUT2D eigenvalue weighted by Gasteiger charge is -2.07. The Morgan fingerprint density at radius 2 is 1.94 bits per heavy atom. The third-order valence-electron chi connectivity index (χ3n) is 2.88. The van der Waals surface area contributed by atoms with Gasteiger partial charge < -0.3 is 5.73 Å². The molecule has 0 unspecified atom stereocenters. The van der Waals surface area contributed by atoms with E-state index in [1.54, 1.807) is 0 Å². The summed E-state index contributed by atoms with van der Waals surface area (Å²) in [5, 5.41) is 4.41. The standard InChI is InChI=1S/C13H15BrFN3/c1-8-13(14)9(2)18(17-8)7-11-3-10(6-16)4-12(15)5-11/h3-5H,6-7,16H2,1-2H3. The van der Waals surface area contributed by atoms with Crippen molar-refractivity contribution in [2.45, 2.75) is 26.9 Å². The second-order valence-corrected chi connectivity index (χ2v) is 5.11. The van der Waals surface area contributed by atoms with E-state index in [2.05, 4.69) is 21.0 Å². The molecule has 0 atom stereocenters. The molecule has 0 saturated carbocycles. The van der Waals surface area contributed by atoms with Crippen LogP contribution in [0.15, 0.2) is 22.7 Å². The van der Waals surface area contributed by atoms with Crippen LogP contribution in [0.3, 0.4) is 0 Å². The molecule has 96 valence electrons. The van der Waals surface area contributed by atoms with Crippen LogP contribution in [-0.4, -0.2) is 9.78 Å². The van der Waals surface area contributed by atoms with E-state index in [-0.39, 0.29) is 5.82 Å². The Morgan fingerprint density at radius 1 is 1.28 bits per heavy atom. The summed E-state index contributed by atoms with van der Waals surface area (Å²) in [6, 6.07) is 4.89. The predicted octanol–water partition coefficient (Wildman–Crippen LogP) is 2.91. The van der Waals surface area contributed by atoms with Gasteiger partial charge in [-0.25, -0.2) is 4.39 Å². The van der Waals surface area contributed by atoms with E-state index >= 15 is 0 Å². The third-order valence-corrected chi connectivity index (χ3v) is 4.03. The molecule has 3 nitrogen and oxygen atoms in total. The van der Waals surface area contributed by atoms with E-state index in [0.29, 0.717) is 13.1 Å². The number of aryl methyl sites for hydroxylation is 1. The second kappa shape index (κ2) is 5.20. The number of aromatic nitrogens is 2. The smallest absolute Gasteiger partial charge is 0.123 e. The average Bonchev–Trinajstić information content (AvgIpc) is 2.56. The molecule has 0 spiro atoms. The first-order chi connectivity index (χ1) is 8.51.